The van der Waals surface area contributed by atoms with Gasteiger partial charge in [0.1, 0.15) is 17.6 Å². The molecule has 0 spiro atoms. The zero-order valence-electron chi connectivity index (χ0n) is 12.4. The van der Waals surface area contributed by atoms with Gasteiger partial charge in [0, 0.05) is 5.75 Å². The first-order valence-corrected chi connectivity index (χ1v) is 8.22. The molecule has 0 aliphatic carbocycles. The maximum atomic E-state index is 13.6. The van der Waals surface area contributed by atoms with Crippen molar-refractivity contribution in [3.63, 3.8) is 0 Å². The van der Waals surface area contributed by atoms with Gasteiger partial charge in [-0.3, -0.25) is 9.59 Å². The third-order valence-electron chi connectivity index (χ3n) is 3.53. The number of thioether (sulfide) groups is 1. The van der Waals surface area contributed by atoms with Crippen LogP contribution in [0, 0.1) is 12.7 Å². The number of hydrogen-bond donors (Lipinski definition) is 1. The second-order valence-corrected chi connectivity index (χ2v) is 6.17. The van der Waals surface area contributed by atoms with Gasteiger partial charge in [0.2, 0.25) is 5.91 Å². The van der Waals surface area contributed by atoms with Crippen LogP contribution < -0.4 is 5.32 Å². The van der Waals surface area contributed by atoms with Crippen molar-refractivity contribution < 1.29 is 18.4 Å². The van der Waals surface area contributed by atoms with E-state index in [9.17, 15) is 14.0 Å². The number of para-hydroxylation sites is 1. The van der Waals surface area contributed by atoms with E-state index in [0.717, 1.165) is 0 Å². The van der Waals surface area contributed by atoms with E-state index >= 15 is 0 Å². The van der Waals surface area contributed by atoms with Crippen LogP contribution >= 0.6 is 11.8 Å². The monoisotopic (exact) mass is 334 g/mol. The molecule has 3 rings (SSSR count). The Kier molecular flexibility index (Phi) is 4.38. The minimum Gasteiger partial charge on any atom is -0.456 e. The average Bonchev–Trinajstić information content (AvgIpc) is 3.17. The lowest BCUT2D eigenvalue weighted by molar-refractivity contribution is -0.119. The number of furan rings is 1. The number of amides is 2. The summed E-state index contributed by atoms with van der Waals surface area (Å²) in [6, 6.07) is 8.57. The number of hydrogen-bond acceptors (Lipinski definition) is 4. The number of carbonyl (C=O) groups excluding carboxylic acids is 2. The van der Waals surface area contributed by atoms with E-state index in [1.54, 1.807) is 31.2 Å². The molecular formula is C16H15FN2O3S. The molecule has 1 aliphatic heterocycles. The largest absolute Gasteiger partial charge is 0.456 e. The van der Waals surface area contributed by atoms with Crippen molar-refractivity contribution in [2.75, 3.05) is 16.9 Å². The summed E-state index contributed by atoms with van der Waals surface area (Å²) in [7, 11) is 0. The summed E-state index contributed by atoms with van der Waals surface area (Å²) in [5, 5.41) is 2.54. The van der Waals surface area contributed by atoms with Crippen LogP contribution in [-0.2, 0) is 4.79 Å². The van der Waals surface area contributed by atoms with E-state index < -0.39 is 17.8 Å². The van der Waals surface area contributed by atoms with Gasteiger partial charge in [0.15, 0.2) is 5.76 Å². The Labute approximate surface area is 136 Å². The number of carbonyl (C=O) groups is 2. The lowest BCUT2D eigenvalue weighted by Crippen LogP contribution is -2.44. The second kappa shape index (κ2) is 6.45. The highest BCUT2D eigenvalue weighted by Gasteiger charge is 2.36. The van der Waals surface area contributed by atoms with Crippen LogP contribution in [0.15, 0.2) is 40.8 Å². The molecule has 23 heavy (non-hydrogen) atoms. The van der Waals surface area contributed by atoms with E-state index in [0.29, 0.717) is 17.4 Å². The van der Waals surface area contributed by atoms with Gasteiger partial charge < -0.3 is 14.6 Å². The Hall–Kier alpha value is -2.28. The van der Waals surface area contributed by atoms with Gasteiger partial charge in [0.05, 0.1) is 11.6 Å². The van der Waals surface area contributed by atoms with Crippen LogP contribution in [0.5, 0.6) is 0 Å². The van der Waals surface area contributed by atoms with Crippen LogP contribution in [0.2, 0.25) is 0 Å². The van der Waals surface area contributed by atoms with Crippen molar-refractivity contribution in [1.82, 2.24) is 4.90 Å². The van der Waals surface area contributed by atoms with Gasteiger partial charge in [0.25, 0.3) is 5.91 Å². The zero-order chi connectivity index (χ0) is 16.4. The van der Waals surface area contributed by atoms with Gasteiger partial charge in [-0.2, -0.15) is 0 Å². The Bertz CT molecular complexity index is 746. The Morgan fingerprint density at radius 3 is 2.78 bits per heavy atom. The van der Waals surface area contributed by atoms with Crippen molar-refractivity contribution in [2.45, 2.75) is 13.0 Å². The van der Waals surface area contributed by atoms with E-state index in [1.165, 1.54) is 28.8 Å². The fraction of sp³-hybridized carbons (Fsp3) is 0.250. The molecule has 0 radical (unpaired) electrons. The van der Waals surface area contributed by atoms with Crippen molar-refractivity contribution >= 4 is 29.3 Å². The molecule has 0 saturated carbocycles. The topological polar surface area (TPSA) is 62.6 Å². The molecule has 1 aromatic carbocycles. The number of rotatable bonds is 3. The maximum absolute atomic E-state index is 13.6. The van der Waals surface area contributed by atoms with E-state index in [1.807, 2.05) is 0 Å². The minimum absolute atomic E-state index is 0.107. The number of nitrogens with one attached hydrogen (secondary N) is 1. The fourth-order valence-corrected chi connectivity index (χ4v) is 3.48. The molecule has 2 heterocycles. The predicted octanol–water partition coefficient (Wildman–Crippen LogP) is 2.88. The van der Waals surface area contributed by atoms with Gasteiger partial charge in [-0.15, -0.1) is 11.8 Å². The van der Waals surface area contributed by atoms with Crippen LogP contribution in [0.3, 0.4) is 0 Å². The molecule has 2 aromatic rings. The summed E-state index contributed by atoms with van der Waals surface area (Å²) in [5.41, 5.74) is 0.107. The molecule has 0 unspecified atom stereocenters. The lowest BCUT2D eigenvalue weighted by atomic mass is 10.2. The molecule has 1 saturated heterocycles. The first kappa shape index (κ1) is 15.6. The highest BCUT2D eigenvalue weighted by Crippen LogP contribution is 2.25. The minimum atomic E-state index is -0.655. The molecule has 1 atom stereocenters. The Morgan fingerprint density at radius 1 is 1.30 bits per heavy atom. The first-order chi connectivity index (χ1) is 11.1. The molecule has 120 valence electrons. The summed E-state index contributed by atoms with van der Waals surface area (Å²) in [6.07, 6.45) is 0. The summed E-state index contributed by atoms with van der Waals surface area (Å²) < 4.78 is 19.0. The second-order valence-electron chi connectivity index (χ2n) is 5.17. The number of nitrogens with zero attached hydrogens (tertiary/aromatic N) is 1. The highest BCUT2D eigenvalue weighted by atomic mass is 32.2. The van der Waals surface area contributed by atoms with E-state index in [2.05, 4.69) is 5.32 Å². The number of anilines is 1. The molecule has 2 amide bonds. The summed E-state index contributed by atoms with van der Waals surface area (Å²) in [5.74, 6) is 0.445. The van der Waals surface area contributed by atoms with E-state index in [4.69, 9.17) is 4.42 Å². The van der Waals surface area contributed by atoms with Crippen molar-refractivity contribution in [3.8, 4) is 0 Å². The maximum Gasteiger partial charge on any atom is 0.290 e. The molecule has 1 aliphatic rings. The number of aryl methyl sites for hydroxylation is 1. The Balaban J connectivity index is 1.75. The molecule has 5 nitrogen and oxygen atoms in total. The van der Waals surface area contributed by atoms with Crippen LogP contribution in [0.1, 0.15) is 16.3 Å². The molecule has 7 heteroatoms. The molecular weight excluding hydrogens is 319 g/mol. The number of benzene rings is 1. The average molecular weight is 334 g/mol. The van der Waals surface area contributed by atoms with Crippen LogP contribution in [-0.4, -0.2) is 34.4 Å². The van der Waals surface area contributed by atoms with E-state index in [-0.39, 0.29) is 17.4 Å². The number of halogens is 1. The van der Waals surface area contributed by atoms with Crippen LogP contribution in [0.25, 0.3) is 0 Å². The van der Waals surface area contributed by atoms with Gasteiger partial charge in [-0.1, -0.05) is 12.1 Å². The third-order valence-corrected chi connectivity index (χ3v) is 4.54. The zero-order valence-corrected chi connectivity index (χ0v) is 13.2. The third kappa shape index (κ3) is 3.24. The predicted molar refractivity (Wildman–Crippen MR) is 85.8 cm³/mol. The quantitative estimate of drug-likeness (QED) is 0.937. The van der Waals surface area contributed by atoms with Crippen molar-refractivity contribution in [3.05, 3.63) is 53.7 Å². The van der Waals surface area contributed by atoms with Crippen molar-refractivity contribution in [2.24, 2.45) is 0 Å². The fourth-order valence-electron chi connectivity index (χ4n) is 2.33. The molecule has 1 fully saturated rings. The van der Waals surface area contributed by atoms with Crippen LogP contribution in [0.4, 0.5) is 10.1 Å². The SMILES string of the molecule is Cc1ccc(C(=O)N2CSC[C@H]2C(=O)Nc2ccccc2F)o1. The standard InChI is InChI=1S/C16H15FN2O3S/c1-10-6-7-14(22-10)16(21)19-9-23-8-13(19)15(20)18-12-5-3-2-4-11(12)17/h2-7,13H,8-9H2,1H3,(H,18,20)/t13-/m0/s1. The van der Waals surface area contributed by atoms with Gasteiger partial charge in [-0.05, 0) is 31.2 Å². The summed E-state index contributed by atoms with van der Waals surface area (Å²) >= 11 is 1.47. The Morgan fingerprint density at radius 2 is 2.09 bits per heavy atom. The smallest absolute Gasteiger partial charge is 0.290 e. The summed E-state index contributed by atoms with van der Waals surface area (Å²) in [6.45, 7) is 1.75. The normalized spacial score (nSPS) is 17.3. The lowest BCUT2D eigenvalue weighted by Gasteiger charge is -2.22. The van der Waals surface area contributed by atoms with Gasteiger partial charge >= 0.3 is 0 Å². The molecule has 0 bridgehead atoms. The molecule has 1 aromatic heterocycles. The highest BCUT2D eigenvalue weighted by molar-refractivity contribution is 7.99. The first-order valence-electron chi connectivity index (χ1n) is 7.07. The van der Waals surface area contributed by atoms with Crippen molar-refractivity contribution in [1.29, 1.82) is 0 Å². The summed E-state index contributed by atoms with van der Waals surface area (Å²) in [4.78, 5) is 26.3. The van der Waals surface area contributed by atoms with Gasteiger partial charge in [-0.25, -0.2) is 4.39 Å². The molecule has 1 N–H and O–H groups in total.